The first-order chi connectivity index (χ1) is 7.49. The number of hydrogen-bond donors (Lipinski definition) is 2. The van der Waals surface area contributed by atoms with Crippen molar-refractivity contribution in [2.45, 2.75) is 19.5 Å². The van der Waals surface area contributed by atoms with Gasteiger partial charge >= 0.3 is 0 Å². The van der Waals surface area contributed by atoms with E-state index in [1.807, 2.05) is 24.3 Å². The molecule has 0 radical (unpaired) electrons. The van der Waals surface area contributed by atoms with Gasteiger partial charge in [0.15, 0.2) is 0 Å². The lowest BCUT2D eigenvalue weighted by Gasteiger charge is -2.23. The van der Waals surface area contributed by atoms with Gasteiger partial charge in [-0.25, -0.2) is 0 Å². The molecule has 2 nitrogen and oxygen atoms in total. The molecular weight excluding hydrogens is 255 g/mol. The fourth-order valence-corrected chi connectivity index (χ4v) is 2.00. The van der Waals surface area contributed by atoms with Crippen molar-refractivity contribution >= 4 is 28.8 Å². The molecular formula is C13H16Cl2N2. The van der Waals surface area contributed by atoms with Gasteiger partial charge in [-0.15, -0.1) is 0 Å². The highest BCUT2D eigenvalue weighted by molar-refractivity contribution is 6.43. The zero-order valence-electron chi connectivity index (χ0n) is 8.58. The first kappa shape index (κ1) is 14.3. The highest BCUT2D eigenvalue weighted by Crippen LogP contribution is 2.33. The number of benzene rings is 1. The van der Waals surface area contributed by atoms with Crippen LogP contribution in [0.2, 0.25) is 10.0 Å². The fourth-order valence-electron chi connectivity index (χ4n) is 1.59. The van der Waals surface area contributed by atoms with Crippen LogP contribution in [-0.4, -0.2) is 5.66 Å². The van der Waals surface area contributed by atoms with E-state index in [4.69, 9.17) is 34.7 Å². The average molecular weight is 271 g/mol. The lowest BCUT2D eigenvalue weighted by molar-refractivity contribution is 0.559. The van der Waals surface area contributed by atoms with Crippen molar-refractivity contribution in [2.75, 3.05) is 0 Å². The predicted molar refractivity (Wildman–Crippen MR) is 76.0 cm³/mol. The van der Waals surface area contributed by atoms with E-state index < -0.39 is 5.66 Å². The standard InChI is InChI=1S/C12H12Cl2N2.CH4/c13-10-3-1-2-9(11(10)14)8-4-6-12(15,16)7-5-8;/h1-6H,7,15-16H2;1H4. The summed E-state index contributed by atoms with van der Waals surface area (Å²) < 4.78 is 0. The Hall–Kier alpha value is -0.800. The molecule has 0 atom stereocenters. The molecule has 0 bridgehead atoms. The van der Waals surface area contributed by atoms with E-state index in [1.54, 1.807) is 12.1 Å². The van der Waals surface area contributed by atoms with Crippen LogP contribution in [0.15, 0.2) is 36.4 Å². The minimum atomic E-state index is -0.755. The minimum Gasteiger partial charge on any atom is -0.310 e. The van der Waals surface area contributed by atoms with E-state index in [0.29, 0.717) is 16.5 Å². The quantitative estimate of drug-likeness (QED) is 0.767. The van der Waals surface area contributed by atoms with Crippen LogP contribution in [0.1, 0.15) is 19.4 Å². The third kappa shape index (κ3) is 3.11. The topological polar surface area (TPSA) is 52.0 Å². The van der Waals surface area contributed by atoms with E-state index in [2.05, 4.69) is 0 Å². The molecule has 92 valence electrons. The van der Waals surface area contributed by atoms with Crippen LogP contribution >= 0.6 is 23.2 Å². The van der Waals surface area contributed by atoms with E-state index in [-0.39, 0.29) is 7.43 Å². The second-order valence-electron chi connectivity index (χ2n) is 3.91. The van der Waals surface area contributed by atoms with E-state index in [1.165, 1.54) is 0 Å². The zero-order valence-corrected chi connectivity index (χ0v) is 10.1. The Labute approximate surface area is 112 Å². The van der Waals surface area contributed by atoms with Crippen LogP contribution in [0.4, 0.5) is 0 Å². The highest BCUT2D eigenvalue weighted by atomic mass is 35.5. The van der Waals surface area contributed by atoms with Crippen molar-refractivity contribution in [2.24, 2.45) is 11.5 Å². The Morgan fingerprint density at radius 2 is 1.88 bits per heavy atom. The van der Waals surface area contributed by atoms with Gasteiger partial charge in [0.1, 0.15) is 0 Å². The van der Waals surface area contributed by atoms with Crippen molar-refractivity contribution in [3.63, 3.8) is 0 Å². The molecule has 0 spiro atoms. The molecule has 4 N–H and O–H groups in total. The van der Waals surface area contributed by atoms with Gasteiger partial charge in [-0.3, -0.25) is 0 Å². The van der Waals surface area contributed by atoms with Gasteiger partial charge in [0.2, 0.25) is 0 Å². The highest BCUT2D eigenvalue weighted by Gasteiger charge is 2.18. The molecule has 0 fully saturated rings. The Bertz CT molecular complexity index is 476. The molecule has 0 saturated carbocycles. The van der Waals surface area contributed by atoms with Crippen LogP contribution in [0.5, 0.6) is 0 Å². The minimum absolute atomic E-state index is 0. The van der Waals surface area contributed by atoms with Crippen molar-refractivity contribution in [1.82, 2.24) is 0 Å². The van der Waals surface area contributed by atoms with Gasteiger partial charge in [-0.2, -0.15) is 0 Å². The van der Waals surface area contributed by atoms with Gasteiger partial charge in [-0.1, -0.05) is 54.9 Å². The maximum atomic E-state index is 6.13. The fraction of sp³-hybridized carbons (Fsp3) is 0.231. The Morgan fingerprint density at radius 1 is 1.18 bits per heavy atom. The third-order valence-corrected chi connectivity index (χ3v) is 3.33. The molecule has 1 aliphatic carbocycles. The maximum Gasteiger partial charge on any atom is 0.0867 e. The SMILES string of the molecule is C.NC1(N)C=CC(c2cccc(Cl)c2Cl)=CC1. The van der Waals surface area contributed by atoms with Gasteiger partial charge < -0.3 is 11.5 Å². The summed E-state index contributed by atoms with van der Waals surface area (Å²) in [6.07, 6.45) is 6.21. The van der Waals surface area contributed by atoms with Crippen LogP contribution in [0.25, 0.3) is 5.57 Å². The summed E-state index contributed by atoms with van der Waals surface area (Å²) in [5.74, 6) is 0. The number of rotatable bonds is 1. The summed E-state index contributed by atoms with van der Waals surface area (Å²) in [6.45, 7) is 0. The van der Waals surface area contributed by atoms with E-state index >= 15 is 0 Å². The molecule has 0 unspecified atom stereocenters. The molecule has 0 aliphatic heterocycles. The molecule has 4 heteroatoms. The molecule has 17 heavy (non-hydrogen) atoms. The summed E-state index contributed by atoms with van der Waals surface area (Å²) in [5, 5.41) is 1.10. The molecule has 2 rings (SSSR count). The number of halogens is 2. The smallest absolute Gasteiger partial charge is 0.0867 e. The first-order valence-electron chi connectivity index (χ1n) is 4.91. The third-order valence-electron chi connectivity index (χ3n) is 2.51. The number of hydrogen-bond acceptors (Lipinski definition) is 2. The summed E-state index contributed by atoms with van der Waals surface area (Å²) in [5.41, 5.74) is 12.7. The van der Waals surface area contributed by atoms with Crippen molar-refractivity contribution in [1.29, 1.82) is 0 Å². The van der Waals surface area contributed by atoms with Crippen LogP contribution in [0, 0.1) is 0 Å². The molecule has 1 aromatic carbocycles. The number of allylic oxidation sites excluding steroid dienone is 2. The summed E-state index contributed by atoms with van der Waals surface area (Å²) >= 11 is 12.1. The van der Waals surface area contributed by atoms with E-state index in [9.17, 15) is 0 Å². The summed E-state index contributed by atoms with van der Waals surface area (Å²) in [7, 11) is 0. The van der Waals surface area contributed by atoms with Crippen molar-refractivity contribution < 1.29 is 0 Å². The Morgan fingerprint density at radius 3 is 2.47 bits per heavy atom. The van der Waals surface area contributed by atoms with Crippen molar-refractivity contribution in [3.8, 4) is 0 Å². The Kier molecular flexibility index (Phi) is 4.39. The van der Waals surface area contributed by atoms with Gasteiger partial charge in [0.25, 0.3) is 0 Å². The first-order valence-corrected chi connectivity index (χ1v) is 5.67. The Balaban J connectivity index is 0.00000144. The molecule has 0 heterocycles. The second-order valence-corrected chi connectivity index (χ2v) is 4.70. The van der Waals surface area contributed by atoms with Crippen LogP contribution < -0.4 is 11.5 Å². The van der Waals surface area contributed by atoms with Gasteiger partial charge in [0, 0.05) is 12.0 Å². The summed E-state index contributed by atoms with van der Waals surface area (Å²) in [4.78, 5) is 0. The second kappa shape index (κ2) is 5.23. The molecule has 0 aromatic heterocycles. The predicted octanol–water partition coefficient (Wildman–Crippen LogP) is 3.59. The molecule has 1 aliphatic rings. The number of nitrogens with two attached hydrogens (primary N) is 2. The van der Waals surface area contributed by atoms with Gasteiger partial charge in [-0.05, 0) is 17.7 Å². The maximum absolute atomic E-state index is 6.13. The molecule has 0 amide bonds. The zero-order chi connectivity index (χ0) is 11.8. The van der Waals surface area contributed by atoms with Crippen molar-refractivity contribution in [3.05, 3.63) is 52.0 Å². The van der Waals surface area contributed by atoms with Crippen LogP contribution in [-0.2, 0) is 0 Å². The molecule has 1 aromatic rings. The van der Waals surface area contributed by atoms with Gasteiger partial charge in [0.05, 0.1) is 15.7 Å². The largest absolute Gasteiger partial charge is 0.310 e. The average Bonchev–Trinajstić information content (AvgIpc) is 2.23. The summed E-state index contributed by atoms with van der Waals surface area (Å²) in [6, 6.07) is 5.55. The molecule has 0 saturated heterocycles. The normalized spacial score (nSPS) is 17.3. The monoisotopic (exact) mass is 270 g/mol. The van der Waals surface area contributed by atoms with E-state index in [0.717, 1.165) is 11.1 Å². The van der Waals surface area contributed by atoms with Crippen LogP contribution in [0.3, 0.4) is 0 Å². The lowest BCUT2D eigenvalue weighted by atomic mass is 9.94. The lowest BCUT2D eigenvalue weighted by Crippen LogP contribution is -2.47.